The van der Waals surface area contributed by atoms with E-state index < -0.39 is 11.8 Å². The molecule has 24 heavy (non-hydrogen) atoms. The van der Waals surface area contributed by atoms with Crippen molar-refractivity contribution in [1.29, 1.82) is 5.41 Å². The fourth-order valence-electron chi connectivity index (χ4n) is 2.31. The van der Waals surface area contributed by atoms with Crippen LogP contribution in [0.4, 0.5) is 0 Å². The molecule has 0 radical (unpaired) electrons. The normalized spacial score (nSPS) is 10.9. The molecule has 0 aliphatic rings. The molecular weight excluding hydrogens is 326 g/mol. The Kier molecular flexibility index (Phi) is 7.65. The van der Waals surface area contributed by atoms with Gasteiger partial charge in [0.05, 0.1) is 5.92 Å². The van der Waals surface area contributed by atoms with E-state index in [1.807, 2.05) is 60.7 Å². The predicted molar refractivity (Wildman–Crippen MR) is 96.3 cm³/mol. The summed E-state index contributed by atoms with van der Waals surface area (Å²) >= 11 is 0. The van der Waals surface area contributed by atoms with Gasteiger partial charge in [-0.15, -0.1) is 12.4 Å². The number of hydrogen-bond acceptors (Lipinski definition) is 3. The van der Waals surface area contributed by atoms with Crippen LogP contribution in [0, 0.1) is 5.41 Å². The lowest BCUT2D eigenvalue weighted by Gasteiger charge is -2.18. The minimum absolute atomic E-state index is 0. The maximum absolute atomic E-state index is 12.5. The highest BCUT2D eigenvalue weighted by Crippen LogP contribution is 2.21. The van der Waals surface area contributed by atoms with Crippen molar-refractivity contribution in [3.8, 4) is 0 Å². The van der Waals surface area contributed by atoms with Gasteiger partial charge in [0.1, 0.15) is 0 Å². The SMILES string of the molecule is CC(=O)NC(=N)NC(=O)C(Cc1ccccc1)c1ccccc1.Cl. The average Bonchev–Trinajstić information content (AvgIpc) is 2.53. The van der Waals surface area contributed by atoms with Crippen LogP contribution in [-0.4, -0.2) is 17.8 Å². The van der Waals surface area contributed by atoms with Crippen molar-refractivity contribution in [1.82, 2.24) is 10.6 Å². The third-order valence-electron chi connectivity index (χ3n) is 3.35. The van der Waals surface area contributed by atoms with Crippen LogP contribution < -0.4 is 10.6 Å². The lowest BCUT2D eigenvalue weighted by atomic mass is 9.91. The molecule has 0 aliphatic heterocycles. The number of amides is 2. The first-order valence-corrected chi connectivity index (χ1v) is 7.32. The molecule has 0 saturated carbocycles. The van der Waals surface area contributed by atoms with Gasteiger partial charge >= 0.3 is 0 Å². The van der Waals surface area contributed by atoms with E-state index in [2.05, 4.69) is 10.6 Å². The van der Waals surface area contributed by atoms with Crippen molar-refractivity contribution < 1.29 is 9.59 Å². The Bertz CT molecular complexity index is 690. The van der Waals surface area contributed by atoms with Gasteiger partial charge in [0.15, 0.2) is 0 Å². The molecule has 0 saturated heterocycles. The molecule has 0 aromatic heterocycles. The van der Waals surface area contributed by atoms with Crippen LogP contribution >= 0.6 is 12.4 Å². The van der Waals surface area contributed by atoms with E-state index in [1.165, 1.54) is 6.92 Å². The standard InChI is InChI=1S/C18H19N3O2.ClH/c1-13(22)20-18(19)21-17(23)16(15-10-6-3-7-11-15)12-14-8-4-2-5-9-14;/h2-11,16H,12H2,1H3,(H3,19,20,21,22,23);1H. The number of carbonyl (C=O) groups is 2. The molecule has 5 nitrogen and oxygen atoms in total. The largest absolute Gasteiger partial charge is 0.297 e. The fraction of sp³-hybridized carbons (Fsp3) is 0.167. The quantitative estimate of drug-likeness (QED) is 0.588. The van der Waals surface area contributed by atoms with Gasteiger partial charge in [-0.05, 0) is 17.5 Å². The maximum Gasteiger partial charge on any atom is 0.234 e. The average molecular weight is 346 g/mol. The summed E-state index contributed by atoms with van der Waals surface area (Å²) in [5.74, 6) is -1.46. The second-order valence-corrected chi connectivity index (χ2v) is 5.20. The Morgan fingerprint density at radius 2 is 1.50 bits per heavy atom. The lowest BCUT2D eigenvalue weighted by molar-refractivity contribution is -0.121. The molecule has 2 aromatic carbocycles. The molecule has 0 aliphatic carbocycles. The molecule has 2 aromatic rings. The molecule has 2 rings (SSSR count). The van der Waals surface area contributed by atoms with E-state index in [1.54, 1.807) is 0 Å². The van der Waals surface area contributed by atoms with Gasteiger partial charge in [0.2, 0.25) is 17.8 Å². The molecular formula is C18H20ClN3O2. The van der Waals surface area contributed by atoms with Gasteiger partial charge in [-0.25, -0.2) is 0 Å². The number of nitrogens with one attached hydrogen (secondary N) is 3. The minimum Gasteiger partial charge on any atom is -0.297 e. The number of halogens is 1. The van der Waals surface area contributed by atoms with Gasteiger partial charge in [0.25, 0.3) is 0 Å². The molecule has 2 amide bonds. The summed E-state index contributed by atoms with van der Waals surface area (Å²) in [7, 11) is 0. The highest BCUT2D eigenvalue weighted by molar-refractivity contribution is 6.04. The Labute approximate surface area is 147 Å². The van der Waals surface area contributed by atoms with Gasteiger partial charge in [-0.1, -0.05) is 60.7 Å². The number of guanidine groups is 1. The van der Waals surface area contributed by atoms with Crippen LogP contribution in [0.1, 0.15) is 24.0 Å². The molecule has 3 N–H and O–H groups in total. The summed E-state index contributed by atoms with van der Waals surface area (Å²) in [5.41, 5.74) is 1.90. The number of hydrogen-bond donors (Lipinski definition) is 3. The van der Waals surface area contributed by atoms with Gasteiger partial charge in [-0.3, -0.25) is 25.6 Å². The number of carbonyl (C=O) groups excluding carboxylic acids is 2. The summed E-state index contributed by atoms with van der Waals surface area (Å²) in [6.07, 6.45) is 0.518. The summed E-state index contributed by atoms with van der Waals surface area (Å²) in [4.78, 5) is 23.5. The first kappa shape index (κ1) is 19.4. The Balaban J connectivity index is 0.00000288. The summed E-state index contributed by atoms with van der Waals surface area (Å²) in [5, 5.41) is 12.3. The molecule has 0 bridgehead atoms. The van der Waals surface area contributed by atoms with Gasteiger partial charge in [-0.2, -0.15) is 0 Å². The second-order valence-electron chi connectivity index (χ2n) is 5.20. The van der Waals surface area contributed by atoms with E-state index >= 15 is 0 Å². The van der Waals surface area contributed by atoms with Crippen molar-refractivity contribution >= 4 is 30.2 Å². The summed E-state index contributed by atoms with van der Waals surface area (Å²) < 4.78 is 0. The van der Waals surface area contributed by atoms with Crippen LogP contribution in [0.15, 0.2) is 60.7 Å². The van der Waals surface area contributed by atoms with Crippen molar-refractivity contribution in [2.24, 2.45) is 0 Å². The predicted octanol–water partition coefficient (Wildman–Crippen LogP) is 2.62. The zero-order valence-corrected chi connectivity index (χ0v) is 14.1. The van der Waals surface area contributed by atoms with Crippen LogP contribution in [-0.2, 0) is 16.0 Å². The summed E-state index contributed by atoms with van der Waals surface area (Å²) in [6.45, 7) is 1.29. The van der Waals surface area contributed by atoms with Gasteiger partial charge in [0, 0.05) is 6.92 Å². The Hall–Kier alpha value is -2.66. The highest BCUT2D eigenvalue weighted by atomic mass is 35.5. The Morgan fingerprint density at radius 1 is 0.958 bits per heavy atom. The van der Waals surface area contributed by atoms with Gasteiger partial charge < -0.3 is 0 Å². The lowest BCUT2D eigenvalue weighted by Crippen LogP contribution is -2.44. The Morgan fingerprint density at radius 3 is 2.04 bits per heavy atom. The van der Waals surface area contributed by atoms with E-state index in [9.17, 15) is 9.59 Å². The van der Waals surface area contributed by atoms with Crippen molar-refractivity contribution in [3.63, 3.8) is 0 Å². The maximum atomic E-state index is 12.5. The van der Waals surface area contributed by atoms with Crippen molar-refractivity contribution in [2.45, 2.75) is 19.3 Å². The molecule has 0 heterocycles. The summed E-state index contributed by atoms with van der Waals surface area (Å²) in [6, 6.07) is 19.1. The zero-order chi connectivity index (χ0) is 16.7. The van der Waals surface area contributed by atoms with Crippen LogP contribution in [0.2, 0.25) is 0 Å². The number of benzene rings is 2. The first-order chi connectivity index (χ1) is 11.1. The van der Waals surface area contributed by atoms with Crippen molar-refractivity contribution in [2.75, 3.05) is 0 Å². The smallest absolute Gasteiger partial charge is 0.234 e. The van der Waals surface area contributed by atoms with Crippen LogP contribution in [0.25, 0.3) is 0 Å². The monoisotopic (exact) mass is 345 g/mol. The van der Waals surface area contributed by atoms with E-state index in [0.717, 1.165) is 11.1 Å². The molecule has 1 unspecified atom stereocenters. The molecule has 0 fully saturated rings. The molecule has 1 atom stereocenters. The fourth-order valence-corrected chi connectivity index (χ4v) is 2.31. The topological polar surface area (TPSA) is 82.1 Å². The first-order valence-electron chi connectivity index (χ1n) is 7.32. The van der Waals surface area contributed by atoms with E-state index in [0.29, 0.717) is 6.42 Å². The third kappa shape index (κ3) is 5.85. The van der Waals surface area contributed by atoms with E-state index in [4.69, 9.17) is 5.41 Å². The van der Waals surface area contributed by atoms with Crippen LogP contribution in [0.5, 0.6) is 0 Å². The second kappa shape index (κ2) is 9.47. The van der Waals surface area contributed by atoms with E-state index in [-0.39, 0.29) is 24.3 Å². The zero-order valence-electron chi connectivity index (χ0n) is 13.3. The molecule has 126 valence electrons. The number of rotatable bonds is 4. The van der Waals surface area contributed by atoms with Crippen LogP contribution in [0.3, 0.4) is 0 Å². The van der Waals surface area contributed by atoms with Crippen molar-refractivity contribution in [3.05, 3.63) is 71.8 Å². The molecule has 6 heteroatoms. The third-order valence-corrected chi connectivity index (χ3v) is 3.35. The minimum atomic E-state index is -0.437. The molecule has 0 spiro atoms. The highest BCUT2D eigenvalue weighted by Gasteiger charge is 2.22.